The highest BCUT2D eigenvalue weighted by Crippen LogP contribution is 1.99. The zero-order valence-corrected chi connectivity index (χ0v) is 4.31. The minimum absolute atomic E-state index is 0. The van der Waals surface area contributed by atoms with Crippen LogP contribution < -0.4 is 0 Å². The van der Waals surface area contributed by atoms with Gasteiger partial charge in [0.2, 0.25) is 0 Å². The molecule has 1 nitrogen and oxygen atoms in total. The molecule has 0 fully saturated rings. The molecule has 0 radical (unpaired) electrons. The lowest BCUT2D eigenvalue weighted by Crippen LogP contribution is -1.16. The fraction of sp³-hybridized carbons (Fsp3) is 0. The Kier molecular flexibility index (Phi) is 2.82. The van der Waals surface area contributed by atoms with Gasteiger partial charge in [-0.3, -0.25) is 0 Å². The summed E-state index contributed by atoms with van der Waals surface area (Å²) in [6, 6.07) is 4.14. The van der Waals surface area contributed by atoms with Crippen molar-refractivity contribution in [3.8, 4) is 0 Å². The lowest BCUT2D eigenvalue weighted by atomic mass is 10.7. The summed E-state index contributed by atoms with van der Waals surface area (Å²) in [7, 11) is 0.948. The third-order valence-corrected chi connectivity index (χ3v) is 1.27. The van der Waals surface area contributed by atoms with Crippen LogP contribution in [0.5, 0.6) is 0 Å². The molecule has 0 amide bonds. The zero-order chi connectivity index (χ0) is 3.54. The lowest BCUT2D eigenvalue weighted by molar-refractivity contribution is 0.824. The molecule has 0 aliphatic rings. The van der Waals surface area contributed by atoms with Gasteiger partial charge in [0.25, 0.3) is 0 Å². The third kappa shape index (κ3) is 1.25. The number of hydrogen-bond acceptors (Lipinski definition) is 0. The molecule has 1 heterocycles. The highest BCUT2D eigenvalue weighted by molar-refractivity contribution is 7.28. The molecular weight excluding hydrogens is 95.0 g/mol. The van der Waals surface area contributed by atoms with Crippen LogP contribution in [0.4, 0.5) is 0 Å². The van der Waals surface area contributed by atoms with Crippen LogP contribution >= 0.6 is 8.19 Å². The molecule has 0 spiro atoms. The summed E-state index contributed by atoms with van der Waals surface area (Å²) in [5.74, 6) is 4.31. The van der Waals surface area contributed by atoms with E-state index in [0.29, 0.717) is 0 Å². The Balaban J connectivity index is 0.000000250. The van der Waals surface area contributed by atoms with Crippen molar-refractivity contribution in [2.75, 3.05) is 0 Å². The first-order chi connectivity index (χ1) is 2.50. The van der Waals surface area contributed by atoms with Crippen LogP contribution in [0, 0.1) is 0 Å². The second kappa shape index (κ2) is 2.95. The molecule has 2 heteroatoms. The van der Waals surface area contributed by atoms with Crippen molar-refractivity contribution in [1.82, 2.24) is 0 Å². The second-order valence-electron chi connectivity index (χ2n) is 0.885. The summed E-state index contributed by atoms with van der Waals surface area (Å²) in [6.07, 6.45) is 0. The van der Waals surface area contributed by atoms with E-state index in [1.807, 2.05) is 0 Å². The molecular formula is C4H7OP. The second-order valence-corrected chi connectivity index (χ2v) is 1.88. The molecule has 0 saturated carbocycles. The number of hydrogen-bond donors (Lipinski definition) is 0. The average Bonchev–Trinajstić information content (AvgIpc) is 1.76. The molecule has 0 aromatic carbocycles. The Bertz CT molecular complexity index is 64.0. The highest BCUT2D eigenvalue weighted by atomic mass is 31.0. The predicted molar refractivity (Wildman–Crippen MR) is 29.6 cm³/mol. The van der Waals surface area contributed by atoms with Crippen LogP contribution in [0.25, 0.3) is 0 Å². The van der Waals surface area contributed by atoms with Gasteiger partial charge in [-0.25, -0.2) is 0 Å². The highest BCUT2D eigenvalue weighted by Gasteiger charge is 1.57. The molecule has 1 aromatic heterocycles. The van der Waals surface area contributed by atoms with Crippen molar-refractivity contribution in [2.45, 2.75) is 0 Å². The van der Waals surface area contributed by atoms with Gasteiger partial charge in [0.05, 0.1) is 0 Å². The van der Waals surface area contributed by atoms with E-state index < -0.39 is 0 Å². The summed E-state index contributed by atoms with van der Waals surface area (Å²) in [5.41, 5.74) is 0. The molecule has 0 aliphatic heterocycles. The molecule has 1 rings (SSSR count). The van der Waals surface area contributed by atoms with E-state index in [2.05, 4.69) is 23.7 Å². The van der Waals surface area contributed by atoms with E-state index in [9.17, 15) is 0 Å². The van der Waals surface area contributed by atoms with Crippen molar-refractivity contribution in [3.05, 3.63) is 23.7 Å². The van der Waals surface area contributed by atoms with Crippen molar-refractivity contribution < 1.29 is 5.48 Å². The van der Waals surface area contributed by atoms with Gasteiger partial charge < -0.3 is 5.48 Å². The van der Waals surface area contributed by atoms with Gasteiger partial charge in [0, 0.05) is 0 Å². The summed E-state index contributed by atoms with van der Waals surface area (Å²) in [4.78, 5) is 0. The van der Waals surface area contributed by atoms with Crippen molar-refractivity contribution in [3.63, 3.8) is 0 Å². The van der Waals surface area contributed by atoms with Gasteiger partial charge in [0.1, 0.15) is 0 Å². The Morgan fingerprint density at radius 1 is 1.00 bits per heavy atom. The molecule has 0 saturated heterocycles. The fourth-order valence-electron chi connectivity index (χ4n) is 0.278. The summed E-state index contributed by atoms with van der Waals surface area (Å²) in [6.45, 7) is 0. The number of rotatable bonds is 0. The molecule has 6 heavy (non-hydrogen) atoms. The molecule has 34 valence electrons. The quantitative estimate of drug-likeness (QED) is 0.466. The van der Waals surface area contributed by atoms with E-state index >= 15 is 0 Å². The van der Waals surface area contributed by atoms with Gasteiger partial charge in [-0.05, 0) is 11.6 Å². The van der Waals surface area contributed by atoms with Crippen LogP contribution in [-0.2, 0) is 0 Å². The van der Waals surface area contributed by atoms with Crippen molar-refractivity contribution in [2.24, 2.45) is 0 Å². The minimum Gasteiger partial charge on any atom is -0.412 e. The van der Waals surface area contributed by atoms with Gasteiger partial charge in [0.15, 0.2) is 0 Å². The van der Waals surface area contributed by atoms with Gasteiger partial charge in [-0.15, -0.1) is 8.19 Å². The van der Waals surface area contributed by atoms with Crippen LogP contribution in [0.3, 0.4) is 0 Å². The summed E-state index contributed by atoms with van der Waals surface area (Å²) in [5, 5.41) is 0. The predicted octanol–water partition coefficient (Wildman–Crippen LogP) is 0.893. The first-order valence-electron chi connectivity index (χ1n) is 1.58. The fourth-order valence-corrected chi connectivity index (χ4v) is 0.833. The van der Waals surface area contributed by atoms with Gasteiger partial charge >= 0.3 is 0 Å². The molecule has 0 unspecified atom stereocenters. The van der Waals surface area contributed by atoms with Gasteiger partial charge in [-0.1, -0.05) is 12.1 Å². The van der Waals surface area contributed by atoms with E-state index in [-0.39, 0.29) is 5.48 Å². The normalized spacial score (nSPS) is 6.67. The first-order valence-corrected chi connectivity index (χ1v) is 2.73. The maximum Gasteiger partial charge on any atom is -0.0454 e. The largest absolute Gasteiger partial charge is 0.412 e. The Morgan fingerprint density at radius 3 is 1.67 bits per heavy atom. The Hall–Kier alpha value is -0.260. The van der Waals surface area contributed by atoms with Crippen LogP contribution in [0.1, 0.15) is 0 Å². The standard InChI is InChI=1S/C4H5P.H2O/c1-2-4-5-3-1;/h1-5H;1H2. The molecule has 0 aliphatic carbocycles. The van der Waals surface area contributed by atoms with E-state index in [0.717, 1.165) is 8.19 Å². The minimum atomic E-state index is 0. The van der Waals surface area contributed by atoms with E-state index in [1.165, 1.54) is 0 Å². The molecule has 1 aromatic rings. The van der Waals surface area contributed by atoms with Crippen LogP contribution in [0.2, 0.25) is 0 Å². The first kappa shape index (κ1) is 5.74. The van der Waals surface area contributed by atoms with E-state index in [1.54, 1.807) is 0 Å². The Morgan fingerprint density at radius 2 is 1.50 bits per heavy atom. The maximum atomic E-state index is 2.15. The average molecular weight is 102 g/mol. The summed E-state index contributed by atoms with van der Waals surface area (Å²) >= 11 is 0. The lowest BCUT2D eigenvalue weighted by Gasteiger charge is -1.41. The molecule has 2 N–H and O–H groups in total. The van der Waals surface area contributed by atoms with Crippen molar-refractivity contribution in [1.29, 1.82) is 0 Å². The maximum absolute atomic E-state index is 2.15. The van der Waals surface area contributed by atoms with Crippen LogP contribution in [-0.4, -0.2) is 5.48 Å². The molecule has 0 bridgehead atoms. The third-order valence-electron chi connectivity index (χ3n) is 0.496. The van der Waals surface area contributed by atoms with E-state index in [4.69, 9.17) is 0 Å². The van der Waals surface area contributed by atoms with Gasteiger partial charge in [-0.2, -0.15) is 0 Å². The van der Waals surface area contributed by atoms with Crippen LogP contribution in [0.15, 0.2) is 23.7 Å². The van der Waals surface area contributed by atoms with Crippen molar-refractivity contribution >= 4 is 8.19 Å². The smallest absolute Gasteiger partial charge is 0.0454 e. The topological polar surface area (TPSA) is 31.5 Å². The molecule has 0 atom stereocenters. The SMILES string of the molecule is O.c1cc[pH]c1. The zero-order valence-electron chi connectivity index (χ0n) is 3.31. The Labute approximate surface area is 38.4 Å². The summed E-state index contributed by atoms with van der Waals surface area (Å²) < 4.78 is 0. The monoisotopic (exact) mass is 102 g/mol.